The smallest absolute Gasteiger partial charge is 0.274 e. The molecule has 32 heavy (non-hydrogen) atoms. The number of hydrogen-bond acceptors (Lipinski definition) is 1. The van der Waals surface area contributed by atoms with Crippen molar-refractivity contribution in [3.05, 3.63) is 96.4 Å². The third-order valence-electron chi connectivity index (χ3n) is 7.22. The van der Waals surface area contributed by atoms with Crippen LogP contribution in [-0.4, -0.2) is 26.2 Å². The van der Waals surface area contributed by atoms with Crippen molar-refractivity contribution in [1.82, 2.24) is 4.58 Å². The van der Waals surface area contributed by atoms with Crippen LogP contribution in [0.1, 0.15) is 25.7 Å². The van der Waals surface area contributed by atoms with E-state index in [0.717, 1.165) is 0 Å². The Labute approximate surface area is 191 Å². The van der Waals surface area contributed by atoms with Crippen LogP contribution in [0.4, 0.5) is 5.69 Å². The molecule has 0 N–H and O–H groups in total. The summed E-state index contributed by atoms with van der Waals surface area (Å²) in [6.07, 6.45) is 5.27. The van der Waals surface area contributed by atoms with Crippen molar-refractivity contribution in [3.8, 4) is 0 Å². The molecule has 160 valence electrons. The standard InChI is InChI=1S/C29H31N2P/c1-4-14-24(15-5-1)32(25-16-6-2-7-17-25,26-18-8-3-9-19-26)29-27(30-20-10-11-21-30)28(29)31-22-12-13-23-31/h1-9,14-19H,10-13,20-23H2/q+2. The van der Waals surface area contributed by atoms with Gasteiger partial charge in [-0.3, -0.25) is 0 Å². The van der Waals surface area contributed by atoms with Gasteiger partial charge in [0.15, 0.2) is 12.9 Å². The molecule has 0 radical (unpaired) electrons. The molecule has 2 fully saturated rings. The summed E-state index contributed by atoms with van der Waals surface area (Å²) in [5.74, 6) is 0. The molecule has 4 aromatic rings. The molecule has 0 saturated carbocycles. The fraction of sp³-hybridized carbons (Fsp3) is 0.276. The maximum Gasteiger partial charge on any atom is 0.274 e. The minimum absolute atomic E-state index is 1.20. The molecule has 2 aliphatic heterocycles. The Hall–Kier alpha value is -2.70. The molecule has 2 heterocycles. The zero-order valence-electron chi connectivity index (χ0n) is 18.7. The van der Waals surface area contributed by atoms with Crippen molar-refractivity contribution in [2.75, 3.05) is 31.1 Å². The Morgan fingerprint density at radius 2 is 1.00 bits per heavy atom. The van der Waals surface area contributed by atoms with Crippen LogP contribution >= 0.6 is 7.26 Å². The zero-order chi connectivity index (χ0) is 21.4. The van der Waals surface area contributed by atoms with Crippen molar-refractivity contribution < 1.29 is 0 Å². The molecule has 3 heteroatoms. The molecule has 0 aliphatic carbocycles. The van der Waals surface area contributed by atoms with E-state index >= 15 is 0 Å². The third kappa shape index (κ3) is 3.16. The summed E-state index contributed by atoms with van der Waals surface area (Å²) in [5, 5.41) is 7.63. The quantitative estimate of drug-likeness (QED) is 0.342. The summed E-state index contributed by atoms with van der Waals surface area (Å²) >= 11 is 0. The average Bonchev–Trinajstić information content (AvgIpc) is 3.24. The van der Waals surface area contributed by atoms with Crippen LogP contribution in [0.3, 0.4) is 0 Å². The van der Waals surface area contributed by atoms with Crippen molar-refractivity contribution >= 4 is 34.2 Å². The van der Waals surface area contributed by atoms with Gasteiger partial charge >= 0.3 is 0 Å². The van der Waals surface area contributed by atoms with E-state index in [9.17, 15) is 0 Å². The maximum absolute atomic E-state index is 2.70. The molecule has 0 bridgehead atoms. The second-order valence-corrected chi connectivity index (χ2v) is 12.4. The van der Waals surface area contributed by atoms with E-state index in [0.29, 0.717) is 0 Å². The van der Waals surface area contributed by atoms with Crippen LogP contribution < -0.4 is 36.1 Å². The number of rotatable bonds is 5. The van der Waals surface area contributed by atoms with E-state index < -0.39 is 7.26 Å². The summed E-state index contributed by atoms with van der Waals surface area (Å²) in [6.45, 7) is 4.81. The van der Waals surface area contributed by atoms with Gasteiger partial charge in [-0.2, -0.15) is 0 Å². The topological polar surface area (TPSA) is 6.25 Å². The highest BCUT2D eigenvalue weighted by Crippen LogP contribution is 2.57. The monoisotopic (exact) mass is 438 g/mol. The van der Waals surface area contributed by atoms with E-state index in [4.69, 9.17) is 0 Å². The van der Waals surface area contributed by atoms with Crippen molar-refractivity contribution in [1.29, 1.82) is 0 Å². The van der Waals surface area contributed by atoms with Crippen molar-refractivity contribution in [2.45, 2.75) is 25.7 Å². The lowest BCUT2D eigenvalue weighted by molar-refractivity contribution is 0.706. The van der Waals surface area contributed by atoms with Gasteiger partial charge in [0, 0.05) is 25.9 Å². The van der Waals surface area contributed by atoms with Crippen LogP contribution in [0.2, 0.25) is 0 Å². The fourth-order valence-electron chi connectivity index (χ4n) is 5.75. The minimum Gasteiger partial charge on any atom is -0.363 e. The fourth-order valence-corrected chi connectivity index (χ4v) is 10.3. The lowest BCUT2D eigenvalue weighted by Crippen LogP contribution is -2.39. The first-order valence-corrected chi connectivity index (χ1v) is 13.9. The number of hydrogen-bond donors (Lipinski definition) is 0. The first-order valence-electron chi connectivity index (χ1n) is 12.1. The molecule has 0 aromatic heterocycles. The summed E-state index contributed by atoms with van der Waals surface area (Å²) < 4.78 is 2.70. The maximum atomic E-state index is 2.70. The number of benzene rings is 3. The largest absolute Gasteiger partial charge is 0.363 e. The van der Waals surface area contributed by atoms with Gasteiger partial charge in [-0.1, -0.05) is 54.6 Å². The second-order valence-electron chi connectivity index (χ2n) is 9.11. The summed E-state index contributed by atoms with van der Waals surface area (Å²) in [7, 11) is -1.97. The van der Waals surface area contributed by atoms with Crippen LogP contribution in [0.5, 0.6) is 0 Å². The predicted molar refractivity (Wildman–Crippen MR) is 139 cm³/mol. The first kappa shape index (κ1) is 19.9. The van der Waals surface area contributed by atoms with E-state index in [1.165, 1.54) is 67.8 Å². The molecular formula is C29H31N2P+2. The molecule has 0 amide bonds. The van der Waals surface area contributed by atoms with Crippen molar-refractivity contribution in [2.24, 2.45) is 0 Å². The van der Waals surface area contributed by atoms with Gasteiger partial charge in [0.2, 0.25) is 5.30 Å². The van der Waals surface area contributed by atoms with Crippen LogP contribution in [0, 0.1) is 0 Å². The first-order chi connectivity index (χ1) is 15.9. The minimum atomic E-state index is -1.97. The van der Waals surface area contributed by atoms with Gasteiger partial charge in [-0.15, -0.1) is 0 Å². The van der Waals surface area contributed by atoms with E-state index in [1.54, 1.807) is 16.3 Å². The highest BCUT2D eigenvalue weighted by atomic mass is 31.2. The normalized spacial score (nSPS) is 16.9. The average molecular weight is 439 g/mol. The van der Waals surface area contributed by atoms with Crippen LogP contribution in [0.15, 0.2) is 91.0 Å². The Morgan fingerprint density at radius 3 is 1.44 bits per heavy atom. The summed E-state index contributed by atoms with van der Waals surface area (Å²) in [5.41, 5.74) is 1.58. The molecule has 2 aliphatic rings. The van der Waals surface area contributed by atoms with Crippen LogP contribution in [-0.2, 0) is 0 Å². The molecule has 4 aromatic carbocycles. The molecule has 2 saturated heterocycles. The van der Waals surface area contributed by atoms with Gasteiger partial charge in [0.05, 0.1) is 0 Å². The number of anilines is 1. The lowest BCUT2D eigenvalue weighted by Gasteiger charge is -2.24. The van der Waals surface area contributed by atoms with E-state index in [1.807, 2.05) is 0 Å². The van der Waals surface area contributed by atoms with Crippen LogP contribution in [0.25, 0.3) is 0 Å². The van der Waals surface area contributed by atoms with E-state index in [-0.39, 0.29) is 0 Å². The third-order valence-corrected chi connectivity index (χ3v) is 11.5. The SMILES string of the molecule is c1ccc([P+](c2ccccc2)(c2ccccc2)c2c(N3CCCC3)c2=[N+]2CCCC2)cc1. The van der Waals surface area contributed by atoms with E-state index in [2.05, 4.69) is 100 Å². The van der Waals surface area contributed by atoms with Gasteiger partial charge in [-0.05, 0) is 49.2 Å². The van der Waals surface area contributed by atoms with Gasteiger partial charge in [0.1, 0.15) is 29.0 Å². The predicted octanol–water partition coefficient (Wildman–Crippen LogP) is 3.35. The Balaban J connectivity index is 1.71. The zero-order valence-corrected chi connectivity index (χ0v) is 19.6. The molecular weight excluding hydrogens is 407 g/mol. The molecule has 6 rings (SSSR count). The second kappa shape index (κ2) is 8.34. The Morgan fingerprint density at radius 1 is 0.562 bits per heavy atom. The van der Waals surface area contributed by atoms with Gasteiger partial charge in [0.25, 0.3) is 5.36 Å². The Bertz CT molecular complexity index is 1110. The Kier molecular flexibility index (Phi) is 5.20. The molecule has 2 nitrogen and oxygen atoms in total. The number of nitrogens with zero attached hydrogens (tertiary/aromatic N) is 2. The molecule has 0 atom stereocenters. The molecule has 0 spiro atoms. The highest BCUT2D eigenvalue weighted by Gasteiger charge is 2.59. The lowest BCUT2D eigenvalue weighted by atomic mass is 10.4. The summed E-state index contributed by atoms with van der Waals surface area (Å²) in [4.78, 5) is 2.70. The van der Waals surface area contributed by atoms with Gasteiger partial charge in [-0.25, -0.2) is 4.58 Å². The van der Waals surface area contributed by atoms with Crippen molar-refractivity contribution in [3.63, 3.8) is 0 Å². The highest BCUT2D eigenvalue weighted by molar-refractivity contribution is 8.02. The molecule has 0 unspecified atom stereocenters. The summed E-state index contributed by atoms with van der Waals surface area (Å²) in [6, 6.07) is 34.1. The van der Waals surface area contributed by atoms with Gasteiger partial charge < -0.3 is 4.90 Å².